The SMILES string of the molecule is CNCc1ccc(N2CCN(C)C(C)C2)c(C#N)c1. The second-order valence-electron chi connectivity index (χ2n) is 5.27. The van der Waals surface area contributed by atoms with Gasteiger partial charge in [0.2, 0.25) is 0 Å². The lowest BCUT2D eigenvalue weighted by Crippen LogP contribution is -2.50. The monoisotopic (exact) mass is 258 g/mol. The van der Waals surface area contributed by atoms with E-state index in [4.69, 9.17) is 0 Å². The number of nitriles is 1. The molecule has 1 aromatic rings. The fraction of sp³-hybridized carbons (Fsp3) is 0.533. The van der Waals surface area contributed by atoms with E-state index >= 15 is 0 Å². The molecule has 1 aliphatic heterocycles. The summed E-state index contributed by atoms with van der Waals surface area (Å²) in [7, 11) is 4.07. The Morgan fingerprint density at radius 2 is 2.21 bits per heavy atom. The zero-order valence-electron chi connectivity index (χ0n) is 12.0. The Morgan fingerprint density at radius 3 is 2.84 bits per heavy atom. The highest BCUT2D eigenvalue weighted by atomic mass is 15.3. The van der Waals surface area contributed by atoms with Crippen molar-refractivity contribution in [3.63, 3.8) is 0 Å². The number of nitrogens with zero attached hydrogens (tertiary/aromatic N) is 3. The van der Waals surface area contributed by atoms with E-state index in [-0.39, 0.29) is 0 Å². The van der Waals surface area contributed by atoms with Crippen LogP contribution < -0.4 is 10.2 Å². The molecule has 1 aliphatic rings. The Kier molecular flexibility index (Phi) is 4.41. The van der Waals surface area contributed by atoms with Crippen LogP contribution >= 0.6 is 0 Å². The summed E-state index contributed by atoms with van der Waals surface area (Å²) < 4.78 is 0. The van der Waals surface area contributed by atoms with Gasteiger partial charge in [-0.05, 0) is 38.7 Å². The first-order valence-corrected chi connectivity index (χ1v) is 6.78. The quantitative estimate of drug-likeness (QED) is 0.890. The summed E-state index contributed by atoms with van der Waals surface area (Å²) in [6.45, 7) is 6.05. The van der Waals surface area contributed by atoms with Gasteiger partial charge >= 0.3 is 0 Å². The maximum absolute atomic E-state index is 9.35. The molecule has 0 spiro atoms. The molecule has 1 heterocycles. The molecule has 102 valence electrons. The molecule has 1 saturated heterocycles. The molecule has 1 fully saturated rings. The topological polar surface area (TPSA) is 42.3 Å². The van der Waals surface area contributed by atoms with Crippen LogP contribution in [0, 0.1) is 11.3 Å². The fourth-order valence-corrected chi connectivity index (χ4v) is 2.53. The minimum atomic E-state index is 0.525. The van der Waals surface area contributed by atoms with Crippen molar-refractivity contribution in [1.29, 1.82) is 5.26 Å². The van der Waals surface area contributed by atoms with Crippen molar-refractivity contribution >= 4 is 5.69 Å². The molecular formula is C15H22N4. The van der Waals surface area contributed by atoms with Crippen molar-refractivity contribution in [2.75, 3.05) is 38.6 Å². The summed E-state index contributed by atoms with van der Waals surface area (Å²) in [5, 5.41) is 12.5. The predicted octanol–water partition coefficient (Wildman–Crippen LogP) is 1.42. The van der Waals surface area contributed by atoms with E-state index in [1.54, 1.807) is 0 Å². The van der Waals surface area contributed by atoms with E-state index in [0.29, 0.717) is 6.04 Å². The number of hydrogen-bond donors (Lipinski definition) is 1. The van der Waals surface area contributed by atoms with Gasteiger partial charge in [0, 0.05) is 32.2 Å². The number of hydrogen-bond acceptors (Lipinski definition) is 4. The first-order valence-electron chi connectivity index (χ1n) is 6.78. The summed E-state index contributed by atoms with van der Waals surface area (Å²) in [5.41, 5.74) is 3.01. The van der Waals surface area contributed by atoms with Gasteiger partial charge in [0.15, 0.2) is 0 Å². The Morgan fingerprint density at radius 1 is 1.42 bits per heavy atom. The molecule has 1 aromatic carbocycles. The molecule has 0 amide bonds. The van der Waals surface area contributed by atoms with Gasteiger partial charge in [0.1, 0.15) is 6.07 Å². The van der Waals surface area contributed by atoms with Crippen LogP contribution in [0.4, 0.5) is 5.69 Å². The van der Waals surface area contributed by atoms with Crippen molar-refractivity contribution < 1.29 is 0 Å². The first kappa shape index (κ1) is 13.9. The van der Waals surface area contributed by atoms with Crippen LogP contribution in [-0.2, 0) is 6.54 Å². The summed E-state index contributed by atoms with van der Waals surface area (Å²) in [6.07, 6.45) is 0. The predicted molar refractivity (Wildman–Crippen MR) is 78.2 cm³/mol. The van der Waals surface area contributed by atoms with Gasteiger partial charge in [-0.3, -0.25) is 0 Å². The van der Waals surface area contributed by atoms with Gasteiger partial charge in [0.25, 0.3) is 0 Å². The van der Waals surface area contributed by atoms with Gasteiger partial charge in [0.05, 0.1) is 11.3 Å². The Hall–Kier alpha value is -1.57. The largest absolute Gasteiger partial charge is 0.368 e. The van der Waals surface area contributed by atoms with Gasteiger partial charge in [-0.15, -0.1) is 0 Å². The number of piperazine rings is 1. The summed E-state index contributed by atoms with van der Waals surface area (Å²) >= 11 is 0. The van der Waals surface area contributed by atoms with Crippen LogP contribution in [-0.4, -0.2) is 44.7 Å². The van der Waals surface area contributed by atoms with Crippen LogP contribution in [0.2, 0.25) is 0 Å². The highest BCUT2D eigenvalue weighted by molar-refractivity contribution is 5.61. The number of rotatable bonds is 3. The molecule has 1 unspecified atom stereocenters. The molecule has 2 rings (SSSR count). The Labute approximate surface area is 115 Å². The molecule has 4 heteroatoms. The average molecular weight is 258 g/mol. The van der Waals surface area contributed by atoms with Crippen LogP contribution in [0.15, 0.2) is 18.2 Å². The van der Waals surface area contributed by atoms with E-state index in [9.17, 15) is 5.26 Å². The highest BCUT2D eigenvalue weighted by Gasteiger charge is 2.22. The minimum Gasteiger partial charge on any atom is -0.368 e. The zero-order valence-corrected chi connectivity index (χ0v) is 12.0. The normalized spacial score (nSPS) is 20.3. The van der Waals surface area contributed by atoms with E-state index in [1.165, 1.54) is 0 Å². The van der Waals surface area contributed by atoms with E-state index in [2.05, 4.69) is 47.3 Å². The number of benzene rings is 1. The van der Waals surface area contributed by atoms with Crippen molar-refractivity contribution in [2.24, 2.45) is 0 Å². The van der Waals surface area contributed by atoms with Crippen LogP contribution in [0.5, 0.6) is 0 Å². The molecule has 4 nitrogen and oxygen atoms in total. The van der Waals surface area contributed by atoms with Crippen LogP contribution in [0.3, 0.4) is 0 Å². The van der Waals surface area contributed by atoms with Crippen molar-refractivity contribution in [1.82, 2.24) is 10.2 Å². The molecule has 1 N–H and O–H groups in total. The standard InChI is InChI=1S/C15H22N4/c1-12-11-19(7-6-18(12)3)15-5-4-13(10-17-2)8-14(15)9-16/h4-5,8,12,17H,6-7,10-11H2,1-3H3. The van der Waals surface area contributed by atoms with Crippen LogP contribution in [0.1, 0.15) is 18.1 Å². The summed E-state index contributed by atoms with van der Waals surface area (Å²) in [4.78, 5) is 4.68. The number of likely N-dealkylation sites (N-methyl/N-ethyl adjacent to an activating group) is 1. The molecule has 0 aliphatic carbocycles. The van der Waals surface area contributed by atoms with Crippen molar-refractivity contribution in [2.45, 2.75) is 19.5 Å². The van der Waals surface area contributed by atoms with Crippen LogP contribution in [0.25, 0.3) is 0 Å². The Balaban J connectivity index is 2.22. The molecule has 19 heavy (non-hydrogen) atoms. The highest BCUT2D eigenvalue weighted by Crippen LogP contribution is 2.24. The van der Waals surface area contributed by atoms with Crippen molar-refractivity contribution in [3.05, 3.63) is 29.3 Å². The number of nitrogens with one attached hydrogen (secondary N) is 1. The Bertz CT molecular complexity index is 478. The minimum absolute atomic E-state index is 0.525. The van der Waals surface area contributed by atoms with Gasteiger partial charge < -0.3 is 15.1 Å². The maximum atomic E-state index is 9.35. The first-order chi connectivity index (χ1) is 9.15. The molecule has 0 aromatic heterocycles. The lowest BCUT2D eigenvalue weighted by molar-refractivity contribution is 0.234. The van der Waals surface area contributed by atoms with Gasteiger partial charge in [-0.1, -0.05) is 6.07 Å². The zero-order chi connectivity index (χ0) is 13.8. The maximum Gasteiger partial charge on any atom is 0.101 e. The van der Waals surface area contributed by atoms with Gasteiger partial charge in [-0.25, -0.2) is 0 Å². The van der Waals surface area contributed by atoms with Gasteiger partial charge in [-0.2, -0.15) is 5.26 Å². The number of anilines is 1. The van der Waals surface area contributed by atoms with Crippen molar-refractivity contribution in [3.8, 4) is 6.07 Å². The fourth-order valence-electron chi connectivity index (χ4n) is 2.53. The van der Waals surface area contributed by atoms with E-state index < -0.39 is 0 Å². The lowest BCUT2D eigenvalue weighted by atomic mass is 10.1. The molecule has 0 bridgehead atoms. The third kappa shape index (κ3) is 3.06. The third-order valence-corrected chi connectivity index (χ3v) is 3.86. The third-order valence-electron chi connectivity index (χ3n) is 3.86. The molecule has 0 radical (unpaired) electrons. The molecule has 1 atom stereocenters. The molecule has 0 saturated carbocycles. The van der Waals surface area contributed by atoms with E-state index in [0.717, 1.165) is 43.0 Å². The second kappa shape index (κ2) is 6.05. The smallest absolute Gasteiger partial charge is 0.101 e. The molecular weight excluding hydrogens is 236 g/mol. The second-order valence-corrected chi connectivity index (χ2v) is 5.27. The average Bonchev–Trinajstić information content (AvgIpc) is 2.42. The summed E-state index contributed by atoms with van der Waals surface area (Å²) in [6, 6.07) is 9.05. The lowest BCUT2D eigenvalue weighted by Gasteiger charge is -2.39. The van der Waals surface area contributed by atoms with E-state index in [1.807, 2.05) is 13.1 Å². The summed E-state index contributed by atoms with van der Waals surface area (Å²) in [5.74, 6) is 0.